The number of Topliss-reactive ketones (excluding diaryl/α,β-unsaturated/α-hetero) is 1. The molecule has 0 aliphatic carbocycles. The molecule has 0 aliphatic rings. The van der Waals surface area contributed by atoms with E-state index in [-0.39, 0.29) is 17.6 Å². The minimum Gasteiger partial charge on any atom is -0.496 e. The standard InChI is InChI=1S/C16H21NO2/c1-10(2)13-8-12(6-7-15(13)19-5)16(18)14(9-17)11(3)4/h6-8,10-11,14H,1-5H3. The van der Waals surface area contributed by atoms with E-state index in [1.54, 1.807) is 19.2 Å². The minimum atomic E-state index is -0.589. The highest BCUT2D eigenvalue weighted by Crippen LogP contribution is 2.28. The van der Waals surface area contributed by atoms with Crippen LogP contribution in [-0.2, 0) is 0 Å². The Labute approximate surface area is 115 Å². The van der Waals surface area contributed by atoms with Crippen molar-refractivity contribution in [3.63, 3.8) is 0 Å². The van der Waals surface area contributed by atoms with Gasteiger partial charge in [-0.05, 0) is 35.6 Å². The predicted molar refractivity (Wildman–Crippen MR) is 75.4 cm³/mol. The second-order valence-corrected chi connectivity index (χ2v) is 5.33. The van der Waals surface area contributed by atoms with Crippen molar-refractivity contribution in [2.45, 2.75) is 33.6 Å². The number of ether oxygens (including phenoxy) is 1. The van der Waals surface area contributed by atoms with E-state index in [2.05, 4.69) is 19.9 Å². The van der Waals surface area contributed by atoms with Gasteiger partial charge in [0.25, 0.3) is 0 Å². The Hall–Kier alpha value is -1.82. The number of benzene rings is 1. The lowest BCUT2D eigenvalue weighted by Gasteiger charge is -2.15. The highest BCUT2D eigenvalue weighted by molar-refractivity contribution is 5.99. The van der Waals surface area contributed by atoms with Crippen LogP contribution < -0.4 is 4.74 Å². The fourth-order valence-corrected chi connectivity index (χ4v) is 2.03. The third kappa shape index (κ3) is 3.35. The van der Waals surface area contributed by atoms with Gasteiger partial charge in [-0.15, -0.1) is 0 Å². The van der Waals surface area contributed by atoms with Crippen molar-refractivity contribution in [3.05, 3.63) is 29.3 Å². The summed E-state index contributed by atoms with van der Waals surface area (Å²) in [5.41, 5.74) is 1.58. The van der Waals surface area contributed by atoms with Gasteiger partial charge in [-0.25, -0.2) is 0 Å². The van der Waals surface area contributed by atoms with Crippen LogP contribution in [0.3, 0.4) is 0 Å². The van der Waals surface area contributed by atoms with E-state index in [4.69, 9.17) is 10.00 Å². The summed E-state index contributed by atoms with van der Waals surface area (Å²) in [6.07, 6.45) is 0. The lowest BCUT2D eigenvalue weighted by atomic mass is 9.87. The Balaban J connectivity index is 3.19. The van der Waals surface area contributed by atoms with Crippen LogP contribution in [0.5, 0.6) is 5.75 Å². The van der Waals surface area contributed by atoms with Crippen LogP contribution in [0.4, 0.5) is 0 Å². The third-order valence-corrected chi connectivity index (χ3v) is 3.22. The summed E-state index contributed by atoms with van der Waals surface area (Å²) in [4.78, 5) is 12.3. The summed E-state index contributed by atoms with van der Waals surface area (Å²) in [7, 11) is 1.62. The summed E-state index contributed by atoms with van der Waals surface area (Å²) < 4.78 is 5.30. The van der Waals surface area contributed by atoms with E-state index in [9.17, 15) is 4.79 Å². The van der Waals surface area contributed by atoms with Gasteiger partial charge in [0.2, 0.25) is 0 Å². The molecule has 0 aliphatic heterocycles. The molecule has 3 nitrogen and oxygen atoms in total. The number of hydrogen-bond donors (Lipinski definition) is 0. The fraction of sp³-hybridized carbons (Fsp3) is 0.500. The summed E-state index contributed by atoms with van der Waals surface area (Å²) in [6.45, 7) is 7.88. The Morgan fingerprint density at radius 3 is 2.32 bits per heavy atom. The fourth-order valence-electron chi connectivity index (χ4n) is 2.03. The van der Waals surface area contributed by atoms with Crippen molar-refractivity contribution in [2.24, 2.45) is 11.8 Å². The van der Waals surface area contributed by atoms with Gasteiger partial charge < -0.3 is 4.74 Å². The molecule has 102 valence electrons. The van der Waals surface area contributed by atoms with Gasteiger partial charge in [-0.3, -0.25) is 4.79 Å². The highest BCUT2D eigenvalue weighted by atomic mass is 16.5. The van der Waals surface area contributed by atoms with E-state index in [0.29, 0.717) is 5.56 Å². The maximum absolute atomic E-state index is 12.3. The first-order valence-corrected chi connectivity index (χ1v) is 6.54. The SMILES string of the molecule is COc1ccc(C(=O)C(C#N)C(C)C)cc1C(C)C. The second kappa shape index (κ2) is 6.38. The zero-order chi connectivity index (χ0) is 14.6. The smallest absolute Gasteiger partial charge is 0.180 e. The van der Waals surface area contributed by atoms with Gasteiger partial charge in [0.1, 0.15) is 11.7 Å². The average molecular weight is 259 g/mol. The van der Waals surface area contributed by atoms with Gasteiger partial charge >= 0.3 is 0 Å². The highest BCUT2D eigenvalue weighted by Gasteiger charge is 2.24. The average Bonchev–Trinajstić information content (AvgIpc) is 2.38. The van der Waals surface area contributed by atoms with E-state index < -0.39 is 5.92 Å². The molecule has 0 saturated heterocycles. The monoisotopic (exact) mass is 259 g/mol. The zero-order valence-corrected chi connectivity index (χ0v) is 12.2. The number of nitrogens with zero attached hydrogens (tertiary/aromatic N) is 1. The van der Waals surface area contributed by atoms with Crippen LogP contribution in [0.1, 0.15) is 49.5 Å². The summed E-state index contributed by atoms with van der Waals surface area (Å²) in [5.74, 6) is 0.365. The van der Waals surface area contributed by atoms with Crippen LogP contribution in [0.15, 0.2) is 18.2 Å². The van der Waals surface area contributed by atoms with E-state index in [1.165, 1.54) is 0 Å². The van der Waals surface area contributed by atoms with Crippen LogP contribution in [0.2, 0.25) is 0 Å². The molecule has 1 aromatic rings. The van der Waals surface area contributed by atoms with Crippen LogP contribution in [-0.4, -0.2) is 12.9 Å². The number of nitriles is 1. The van der Waals surface area contributed by atoms with Crippen molar-refractivity contribution in [1.82, 2.24) is 0 Å². The molecule has 0 spiro atoms. The molecule has 0 radical (unpaired) electrons. The van der Waals surface area contributed by atoms with Crippen molar-refractivity contribution in [1.29, 1.82) is 5.26 Å². The molecule has 1 atom stereocenters. The molecular weight excluding hydrogens is 238 g/mol. The number of carbonyl (C=O) groups excluding carboxylic acids is 1. The molecule has 0 amide bonds. The third-order valence-electron chi connectivity index (χ3n) is 3.22. The number of hydrogen-bond acceptors (Lipinski definition) is 3. The molecule has 1 unspecified atom stereocenters. The van der Waals surface area contributed by atoms with E-state index in [1.807, 2.05) is 19.9 Å². The molecule has 19 heavy (non-hydrogen) atoms. The number of carbonyl (C=O) groups is 1. The normalized spacial score (nSPS) is 12.3. The van der Waals surface area contributed by atoms with Gasteiger partial charge in [-0.2, -0.15) is 5.26 Å². The van der Waals surface area contributed by atoms with Crippen molar-refractivity contribution in [3.8, 4) is 11.8 Å². The Morgan fingerprint density at radius 2 is 1.89 bits per heavy atom. The molecule has 0 bridgehead atoms. The molecular formula is C16H21NO2. The molecule has 0 N–H and O–H groups in total. The second-order valence-electron chi connectivity index (χ2n) is 5.33. The molecule has 1 aromatic carbocycles. The first-order valence-electron chi connectivity index (χ1n) is 6.54. The molecule has 0 aromatic heterocycles. The molecule has 0 heterocycles. The largest absolute Gasteiger partial charge is 0.496 e. The van der Waals surface area contributed by atoms with E-state index in [0.717, 1.165) is 11.3 Å². The number of ketones is 1. The quantitative estimate of drug-likeness (QED) is 0.756. The van der Waals surface area contributed by atoms with Crippen LogP contribution in [0.25, 0.3) is 0 Å². The molecule has 0 fully saturated rings. The van der Waals surface area contributed by atoms with Crippen molar-refractivity contribution in [2.75, 3.05) is 7.11 Å². The van der Waals surface area contributed by atoms with Gasteiger partial charge in [-0.1, -0.05) is 27.7 Å². The Bertz CT molecular complexity index is 498. The minimum absolute atomic E-state index is 0.0158. The maximum Gasteiger partial charge on any atom is 0.180 e. The van der Waals surface area contributed by atoms with Crippen LogP contribution >= 0.6 is 0 Å². The summed E-state index contributed by atoms with van der Waals surface area (Å²) in [5, 5.41) is 9.11. The molecule has 1 rings (SSSR count). The first-order chi connectivity index (χ1) is 8.92. The zero-order valence-electron chi connectivity index (χ0n) is 12.2. The summed E-state index contributed by atoms with van der Waals surface area (Å²) in [6, 6.07) is 7.48. The first kappa shape index (κ1) is 15.2. The predicted octanol–water partition coefficient (Wildman–Crippen LogP) is 3.80. The van der Waals surface area contributed by atoms with Crippen molar-refractivity contribution >= 4 is 5.78 Å². The van der Waals surface area contributed by atoms with Gasteiger partial charge in [0.05, 0.1) is 13.2 Å². The van der Waals surface area contributed by atoms with Crippen LogP contribution in [0, 0.1) is 23.2 Å². The Morgan fingerprint density at radius 1 is 1.26 bits per heavy atom. The maximum atomic E-state index is 12.3. The van der Waals surface area contributed by atoms with Crippen molar-refractivity contribution < 1.29 is 9.53 Å². The van der Waals surface area contributed by atoms with Gasteiger partial charge in [0.15, 0.2) is 5.78 Å². The van der Waals surface area contributed by atoms with E-state index >= 15 is 0 Å². The number of rotatable bonds is 5. The topological polar surface area (TPSA) is 50.1 Å². The molecule has 0 saturated carbocycles. The Kier molecular flexibility index (Phi) is 5.11. The van der Waals surface area contributed by atoms with Gasteiger partial charge in [0, 0.05) is 5.56 Å². The molecule has 3 heteroatoms. The summed E-state index contributed by atoms with van der Waals surface area (Å²) >= 11 is 0. The lowest BCUT2D eigenvalue weighted by Crippen LogP contribution is -2.19. The lowest BCUT2D eigenvalue weighted by molar-refractivity contribution is 0.0924. The number of methoxy groups -OCH3 is 1.